The zero-order valence-corrected chi connectivity index (χ0v) is 86.2. The summed E-state index contributed by atoms with van der Waals surface area (Å²) in [7, 11) is 0. The monoisotopic (exact) mass is 2060 g/mol. The number of allylic oxidation sites excluding steroid dienone is 2. The van der Waals surface area contributed by atoms with Gasteiger partial charge in [-0.2, -0.15) is 0 Å². The van der Waals surface area contributed by atoms with Crippen LogP contribution in [0.4, 0.5) is 0 Å². The highest BCUT2D eigenvalue weighted by Crippen LogP contribution is 2.68. The lowest BCUT2D eigenvalue weighted by atomic mass is 9.44. The van der Waals surface area contributed by atoms with Crippen LogP contribution in [0, 0.1) is 46.3 Å². The normalized spacial score (nSPS) is 28.5. The van der Waals surface area contributed by atoms with E-state index in [1.807, 2.05) is 0 Å². The molecule has 3 aliphatic heterocycles. The molecule has 3 saturated heterocycles. The number of carbonyl (C=O) groups is 10. The quantitative estimate of drug-likeness (QED) is 0.0236. The van der Waals surface area contributed by atoms with Gasteiger partial charge in [-0.05, 0) is 207 Å². The van der Waals surface area contributed by atoms with Gasteiger partial charge in [0.15, 0.2) is 18.9 Å². The summed E-state index contributed by atoms with van der Waals surface area (Å²) in [5.41, 5.74) is -1.17. The molecule has 41 nitrogen and oxygen atoms in total. The maximum atomic E-state index is 14.2. The molecule has 24 atom stereocenters. The molecule has 830 valence electrons. The van der Waals surface area contributed by atoms with E-state index in [0.29, 0.717) is 106 Å². The van der Waals surface area contributed by atoms with Gasteiger partial charge in [0.05, 0.1) is 66.0 Å². The summed E-state index contributed by atoms with van der Waals surface area (Å²) in [6.45, 7) is 7.16. The largest absolute Gasteiger partial charge is 0.462 e. The Labute approximate surface area is 850 Å². The lowest BCUT2D eigenvalue weighted by Gasteiger charge is -2.61. The molecule has 0 radical (unpaired) electrons. The predicted octanol–water partition coefficient (Wildman–Crippen LogP) is 2.93. The van der Waals surface area contributed by atoms with Crippen LogP contribution < -0.4 is 47.9 Å². The zero-order valence-electron chi connectivity index (χ0n) is 86.2. The van der Waals surface area contributed by atoms with E-state index < -0.39 is 154 Å². The SMILES string of the molecule is CCCCCCCC/C=C\CCCCCCCC(=O)O[C@H]1CC[C@@]2(C)C(CCC3C2CC[C@@]2(C)C3CC[C@@H]2C(C)CCC(=O)NCCCC(=O)NCC(=O)NC(COCCC(=O)NCCCNC(=O)CCCCO[C@@H]2O[C@H](CO)[C@H](O)[C@H](O)[C@H]2O)(COCCC(=O)NCCCNC(=O)CCCCO[C@@H]2O[C@H](CO)[C@H](O)[C@H](O)[C@H]2O)COCCC(=O)NCCCNC(=O)CCCCO[C@@H]2O[C@H](CO)[C@H](O)[C@H](O)[C@H]2O)C1. The number of nitrogens with one attached hydrogen (secondary N) is 9. The molecule has 7 fully saturated rings. The molecule has 9 amide bonds. The molecule has 0 spiro atoms. The number of ether oxygens (including phenoxy) is 10. The smallest absolute Gasteiger partial charge is 0.306 e. The number of carbonyl (C=O) groups excluding carboxylic acids is 10. The standard InChI is InChI=1S/C103H181N9O32/c1-5-6-7-8-9-10-11-12-13-14-15-16-17-18-19-34-88(125)141-71-41-46-101(3)70(61-71)36-37-72-74-39-38-73(102(74,4)47-42-75(72)101)69(2)35-40-83(120)104-48-26-33-82(119)111-62-87(124)112-103(66-135-58-43-84(121)108-52-27-49-105-79(116)30-20-23-55-138-98-95(132)92(129)89(126)76(63-113)142-98,67-136-59-44-85(122)109-53-28-50-106-80(117)31-21-24-56-139-99-96(133)93(130)90(127)77(64-114)143-99)68-137-60-45-86(123)110-54-29-51-107-81(118)32-22-25-57-140-100-97(134)94(131)91(128)78(65-115)144-100/h12-13,69-78,89-100,113-115,126-134H,5-11,14-68H2,1-4H3,(H,104,120)(H,105,116)(H,106,117)(H,107,118)(H,108,121)(H,109,122)(H,110,123)(H,111,119)(H,112,124)/b13-12-/t69?,70?,71-,72?,73+,74?,75?,76+,77+,78+,89-,90-,91-,92-,93-,94-,95+,96+,97+,98+,99+,100+,101-,102+/m0/s1. The number of esters is 1. The van der Waals surface area contributed by atoms with Crippen LogP contribution in [0.2, 0.25) is 0 Å². The van der Waals surface area contributed by atoms with E-state index in [-0.39, 0.29) is 203 Å². The highest BCUT2D eigenvalue weighted by Gasteiger charge is 2.61. The molecule has 5 unspecified atom stereocenters. The summed E-state index contributed by atoms with van der Waals surface area (Å²) < 4.78 is 57.1. The number of hydrogen-bond acceptors (Lipinski definition) is 32. The molecule has 0 aromatic rings. The third kappa shape index (κ3) is 43.9. The van der Waals surface area contributed by atoms with Gasteiger partial charge < -0.3 is 156 Å². The van der Waals surface area contributed by atoms with Gasteiger partial charge in [-0.3, -0.25) is 47.9 Å². The van der Waals surface area contributed by atoms with Crippen molar-refractivity contribution >= 4 is 59.1 Å². The number of aliphatic hydroxyl groups excluding tert-OH is 12. The fourth-order valence-corrected chi connectivity index (χ4v) is 21.7. The highest BCUT2D eigenvalue weighted by atomic mass is 16.7. The van der Waals surface area contributed by atoms with Crippen molar-refractivity contribution in [1.29, 1.82) is 0 Å². The average Bonchev–Trinajstić information content (AvgIpc) is 1.49. The minimum atomic E-state index is -1.60. The van der Waals surface area contributed by atoms with Crippen LogP contribution in [0.15, 0.2) is 12.2 Å². The minimum Gasteiger partial charge on any atom is -0.462 e. The van der Waals surface area contributed by atoms with Crippen molar-refractivity contribution < 1.29 is 157 Å². The topological polar surface area (TPSA) is 614 Å². The molecule has 3 heterocycles. The molecule has 4 saturated carbocycles. The van der Waals surface area contributed by atoms with Gasteiger partial charge in [-0.15, -0.1) is 0 Å². The molecule has 41 heteroatoms. The van der Waals surface area contributed by atoms with Crippen LogP contribution >= 0.6 is 0 Å². The van der Waals surface area contributed by atoms with Crippen molar-refractivity contribution in [3.05, 3.63) is 12.2 Å². The second-order valence-electron chi connectivity index (χ2n) is 41.3. The molecular weight excluding hydrogens is 1880 g/mol. The summed E-state index contributed by atoms with van der Waals surface area (Å²) in [5, 5.41) is 145. The van der Waals surface area contributed by atoms with E-state index in [1.165, 1.54) is 89.9 Å². The second kappa shape index (κ2) is 69.1. The number of hydrogen-bond donors (Lipinski definition) is 21. The van der Waals surface area contributed by atoms with E-state index >= 15 is 0 Å². The lowest BCUT2D eigenvalue weighted by Crippen LogP contribution is -2.60. The number of aliphatic hydroxyl groups is 12. The first kappa shape index (κ1) is 125. The Morgan fingerprint density at radius 1 is 0.368 bits per heavy atom. The Balaban J connectivity index is 0.860. The van der Waals surface area contributed by atoms with Crippen LogP contribution in [-0.2, 0) is 95.3 Å². The molecule has 0 aromatic heterocycles. The summed E-state index contributed by atoms with van der Waals surface area (Å²) in [5.74, 6) is 0.00911. The first-order valence-corrected chi connectivity index (χ1v) is 54.1. The Bertz CT molecular complexity index is 3500. The number of rotatable bonds is 75. The second-order valence-corrected chi connectivity index (χ2v) is 41.3. The van der Waals surface area contributed by atoms with Gasteiger partial charge in [-0.25, -0.2) is 0 Å². The van der Waals surface area contributed by atoms with E-state index in [0.717, 1.165) is 57.8 Å². The zero-order chi connectivity index (χ0) is 105. The van der Waals surface area contributed by atoms with Gasteiger partial charge in [-0.1, -0.05) is 91.2 Å². The lowest BCUT2D eigenvalue weighted by molar-refractivity contribution is -0.301. The Hall–Kier alpha value is -6.40. The van der Waals surface area contributed by atoms with Crippen LogP contribution in [0.1, 0.15) is 297 Å². The summed E-state index contributed by atoms with van der Waals surface area (Å²) in [6, 6.07) is 0. The van der Waals surface area contributed by atoms with Crippen molar-refractivity contribution in [2.75, 3.05) is 132 Å². The molecule has 144 heavy (non-hydrogen) atoms. The van der Waals surface area contributed by atoms with Crippen LogP contribution in [-0.4, -0.2) is 356 Å². The summed E-state index contributed by atoms with van der Waals surface area (Å²) >= 11 is 0. The van der Waals surface area contributed by atoms with Crippen molar-refractivity contribution in [1.82, 2.24) is 47.9 Å². The highest BCUT2D eigenvalue weighted by molar-refractivity contribution is 5.85. The maximum absolute atomic E-state index is 14.2. The van der Waals surface area contributed by atoms with Crippen LogP contribution in [0.25, 0.3) is 0 Å². The number of amides is 9. The summed E-state index contributed by atoms with van der Waals surface area (Å²) in [4.78, 5) is 132. The molecule has 0 aromatic carbocycles. The number of unbranched alkanes of at least 4 members (excludes halogenated alkanes) is 14. The molecule has 7 rings (SSSR count). The van der Waals surface area contributed by atoms with E-state index in [9.17, 15) is 109 Å². The molecule has 21 N–H and O–H groups in total. The first-order valence-electron chi connectivity index (χ1n) is 54.1. The first-order chi connectivity index (χ1) is 69.3. The summed E-state index contributed by atoms with van der Waals surface area (Å²) in [6.07, 6.45) is 14.6. The Morgan fingerprint density at radius 3 is 1.17 bits per heavy atom. The molecule has 0 bridgehead atoms. The van der Waals surface area contributed by atoms with Gasteiger partial charge >= 0.3 is 5.97 Å². The van der Waals surface area contributed by atoms with Crippen molar-refractivity contribution in [3.8, 4) is 0 Å². The number of fused-ring (bicyclic) bond motifs is 5. The van der Waals surface area contributed by atoms with Crippen molar-refractivity contribution in [3.63, 3.8) is 0 Å². The minimum absolute atomic E-state index is 0.0127. The van der Waals surface area contributed by atoms with Gasteiger partial charge in [0.25, 0.3) is 0 Å². The van der Waals surface area contributed by atoms with E-state index in [1.54, 1.807) is 0 Å². The van der Waals surface area contributed by atoms with E-state index in [2.05, 4.69) is 87.7 Å². The fourth-order valence-electron chi connectivity index (χ4n) is 21.7. The van der Waals surface area contributed by atoms with Crippen molar-refractivity contribution in [2.24, 2.45) is 46.3 Å². The van der Waals surface area contributed by atoms with E-state index in [4.69, 9.17) is 47.4 Å². The van der Waals surface area contributed by atoms with Crippen LogP contribution in [0.3, 0.4) is 0 Å². The maximum Gasteiger partial charge on any atom is 0.306 e. The Kier molecular flexibility index (Phi) is 59.8. The molecule has 4 aliphatic carbocycles. The third-order valence-corrected chi connectivity index (χ3v) is 30.2. The van der Waals surface area contributed by atoms with Gasteiger partial charge in [0.2, 0.25) is 53.2 Å². The fraction of sp³-hybridized carbons (Fsp3) is 0.883. The van der Waals surface area contributed by atoms with Gasteiger partial charge in [0, 0.05) is 123 Å². The average molecular weight is 2060 g/mol. The Morgan fingerprint density at radius 2 is 0.736 bits per heavy atom. The van der Waals surface area contributed by atoms with Crippen molar-refractivity contribution in [2.45, 2.75) is 401 Å². The third-order valence-electron chi connectivity index (χ3n) is 30.2. The predicted molar refractivity (Wildman–Crippen MR) is 528 cm³/mol. The molecule has 7 aliphatic rings. The molecular formula is C103H181N9O32. The van der Waals surface area contributed by atoms with Gasteiger partial charge in [0.1, 0.15) is 84.9 Å². The van der Waals surface area contributed by atoms with Crippen LogP contribution in [0.5, 0.6) is 0 Å².